The number of nitrogens with zero attached hydrogens (tertiary/aromatic N) is 2. The third kappa shape index (κ3) is 2.72. The zero-order valence-electron chi connectivity index (χ0n) is 9.24. The van der Waals surface area contributed by atoms with E-state index in [0.717, 1.165) is 5.01 Å². The molecule has 0 saturated heterocycles. The average molecular weight is 252 g/mol. The Bertz CT molecular complexity index is 467. The fourth-order valence-electron chi connectivity index (χ4n) is 1.65. The van der Waals surface area contributed by atoms with Gasteiger partial charge in [-0.05, 0) is 13.1 Å². The molecule has 5 nitrogen and oxygen atoms in total. The first-order chi connectivity index (χ1) is 8.18. The molecule has 0 saturated carbocycles. The minimum atomic E-state index is -0.898. The van der Waals surface area contributed by atoms with E-state index in [2.05, 4.69) is 4.98 Å². The number of carbonyl (C=O) groups is 1. The van der Waals surface area contributed by atoms with Gasteiger partial charge in [0.25, 0.3) is 0 Å². The number of thiazole rings is 1. The summed E-state index contributed by atoms with van der Waals surface area (Å²) in [5, 5.41) is 12.0. The van der Waals surface area contributed by atoms with Crippen LogP contribution in [0.5, 0.6) is 0 Å². The lowest BCUT2D eigenvalue weighted by molar-refractivity contribution is -0.143. The second-order valence-corrected chi connectivity index (χ2v) is 4.62. The Labute approximate surface area is 102 Å². The van der Waals surface area contributed by atoms with Crippen LogP contribution in [0.1, 0.15) is 16.6 Å². The van der Waals surface area contributed by atoms with E-state index in [4.69, 9.17) is 4.42 Å². The molecule has 0 aliphatic heterocycles. The van der Waals surface area contributed by atoms with Gasteiger partial charge < -0.3 is 9.52 Å². The molecule has 2 aromatic rings. The highest BCUT2D eigenvalue weighted by Crippen LogP contribution is 2.22. The van der Waals surface area contributed by atoms with Gasteiger partial charge in [-0.15, -0.1) is 11.3 Å². The first-order valence-corrected chi connectivity index (χ1v) is 5.90. The predicted octanol–water partition coefficient (Wildman–Crippen LogP) is 1.99. The molecule has 0 aliphatic rings. The van der Waals surface area contributed by atoms with Gasteiger partial charge >= 0.3 is 5.97 Å². The van der Waals surface area contributed by atoms with Crippen LogP contribution in [0.4, 0.5) is 0 Å². The monoisotopic (exact) mass is 252 g/mol. The number of carboxylic acid groups (broad SMARTS) is 1. The van der Waals surface area contributed by atoms with Gasteiger partial charge in [0.15, 0.2) is 0 Å². The van der Waals surface area contributed by atoms with Crippen molar-refractivity contribution >= 4 is 17.3 Å². The van der Waals surface area contributed by atoms with Gasteiger partial charge in [-0.1, -0.05) is 0 Å². The molecule has 0 aliphatic carbocycles. The van der Waals surface area contributed by atoms with Gasteiger partial charge in [-0.3, -0.25) is 9.69 Å². The molecule has 2 rings (SSSR count). The number of aromatic nitrogens is 1. The van der Waals surface area contributed by atoms with Crippen molar-refractivity contribution in [1.82, 2.24) is 9.88 Å². The minimum absolute atomic E-state index is 0.500. The van der Waals surface area contributed by atoms with Gasteiger partial charge in [-0.25, -0.2) is 4.98 Å². The van der Waals surface area contributed by atoms with Gasteiger partial charge in [0, 0.05) is 17.1 Å². The molecule has 0 fully saturated rings. The van der Waals surface area contributed by atoms with Crippen molar-refractivity contribution in [3.63, 3.8) is 0 Å². The van der Waals surface area contributed by atoms with Crippen molar-refractivity contribution in [3.05, 3.63) is 40.7 Å². The number of aliphatic carboxylic acids is 1. The molecule has 0 bridgehead atoms. The SMILES string of the molecule is CN(Cc1nccs1)C(C(=O)O)c1ccoc1. The van der Waals surface area contributed by atoms with E-state index in [1.54, 1.807) is 24.2 Å². The summed E-state index contributed by atoms with van der Waals surface area (Å²) >= 11 is 1.51. The highest BCUT2D eigenvalue weighted by molar-refractivity contribution is 7.09. The molecule has 0 spiro atoms. The Morgan fingerprint density at radius 1 is 1.71 bits per heavy atom. The minimum Gasteiger partial charge on any atom is -0.480 e. The lowest BCUT2D eigenvalue weighted by Gasteiger charge is -2.22. The van der Waals surface area contributed by atoms with Crippen molar-refractivity contribution < 1.29 is 14.3 Å². The molecule has 1 unspecified atom stereocenters. The number of rotatable bonds is 5. The molecule has 17 heavy (non-hydrogen) atoms. The summed E-state index contributed by atoms with van der Waals surface area (Å²) in [4.78, 5) is 17.1. The van der Waals surface area contributed by atoms with Crippen LogP contribution in [0.25, 0.3) is 0 Å². The zero-order chi connectivity index (χ0) is 12.3. The Morgan fingerprint density at radius 2 is 2.53 bits per heavy atom. The van der Waals surface area contributed by atoms with Gasteiger partial charge in [0.2, 0.25) is 0 Å². The van der Waals surface area contributed by atoms with E-state index < -0.39 is 12.0 Å². The van der Waals surface area contributed by atoms with Crippen LogP contribution in [0, 0.1) is 0 Å². The number of furan rings is 1. The van der Waals surface area contributed by atoms with Crippen molar-refractivity contribution in [2.45, 2.75) is 12.6 Å². The molecule has 2 aromatic heterocycles. The van der Waals surface area contributed by atoms with E-state index in [1.807, 2.05) is 5.38 Å². The molecule has 0 radical (unpaired) electrons. The lowest BCUT2D eigenvalue weighted by Crippen LogP contribution is -2.30. The zero-order valence-corrected chi connectivity index (χ0v) is 10.1. The standard InChI is InChI=1S/C11H12N2O3S/c1-13(6-9-12-3-5-17-9)10(11(14)15)8-2-4-16-7-8/h2-5,7,10H,6H2,1H3,(H,14,15). The van der Waals surface area contributed by atoms with E-state index >= 15 is 0 Å². The molecular weight excluding hydrogens is 240 g/mol. The Morgan fingerprint density at radius 3 is 3.06 bits per heavy atom. The molecule has 1 N–H and O–H groups in total. The van der Waals surface area contributed by atoms with E-state index in [0.29, 0.717) is 12.1 Å². The number of hydrogen-bond acceptors (Lipinski definition) is 5. The largest absolute Gasteiger partial charge is 0.480 e. The summed E-state index contributed by atoms with van der Waals surface area (Å²) < 4.78 is 4.93. The summed E-state index contributed by atoms with van der Waals surface area (Å²) in [6, 6.07) is 0.953. The quantitative estimate of drug-likeness (QED) is 0.881. The molecule has 2 heterocycles. The summed E-state index contributed by atoms with van der Waals surface area (Å²) in [7, 11) is 1.76. The fourth-order valence-corrected chi connectivity index (χ4v) is 2.33. The molecule has 0 amide bonds. The Hall–Kier alpha value is -1.66. The smallest absolute Gasteiger partial charge is 0.325 e. The van der Waals surface area contributed by atoms with Crippen molar-refractivity contribution in [3.8, 4) is 0 Å². The molecule has 0 aromatic carbocycles. The molecule has 6 heteroatoms. The van der Waals surface area contributed by atoms with Gasteiger partial charge in [0.05, 0.1) is 19.1 Å². The van der Waals surface area contributed by atoms with Gasteiger partial charge in [-0.2, -0.15) is 0 Å². The van der Waals surface area contributed by atoms with Crippen LogP contribution in [0.15, 0.2) is 34.6 Å². The predicted molar refractivity (Wildman–Crippen MR) is 62.7 cm³/mol. The molecular formula is C11H12N2O3S. The second kappa shape index (κ2) is 5.11. The summed E-state index contributed by atoms with van der Waals surface area (Å²) in [5.41, 5.74) is 0.636. The number of likely N-dealkylation sites (N-methyl/N-ethyl adjacent to an activating group) is 1. The Kier molecular flexibility index (Phi) is 3.55. The molecule has 1 atom stereocenters. The first kappa shape index (κ1) is 11.8. The van der Waals surface area contributed by atoms with Crippen LogP contribution in [0.3, 0.4) is 0 Å². The number of carboxylic acids is 1. The maximum absolute atomic E-state index is 11.3. The normalized spacial score (nSPS) is 12.8. The average Bonchev–Trinajstić information content (AvgIpc) is 2.89. The third-order valence-corrected chi connectivity index (χ3v) is 3.17. The molecule has 90 valence electrons. The number of hydrogen-bond donors (Lipinski definition) is 1. The third-order valence-electron chi connectivity index (χ3n) is 2.40. The van der Waals surface area contributed by atoms with Crippen LogP contribution in [-0.4, -0.2) is 28.0 Å². The summed E-state index contributed by atoms with van der Waals surface area (Å²) in [6.07, 6.45) is 4.64. The van der Waals surface area contributed by atoms with Crippen LogP contribution >= 0.6 is 11.3 Å². The summed E-state index contributed by atoms with van der Waals surface area (Å²) in [6.45, 7) is 0.500. The Balaban J connectivity index is 2.14. The lowest BCUT2D eigenvalue weighted by atomic mass is 10.1. The topological polar surface area (TPSA) is 66.6 Å². The maximum atomic E-state index is 11.3. The first-order valence-electron chi connectivity index (χ1n) is 5.02. The highest BCUT2D eigenvalue weighted by Gasteiger charge is 2.26. The van der Waals surface area contributed by atoms with E-state index in [-0.39, 0.29) is 0 Å². The fraction of sp³-hybridized carbons (Fsp3) is 0.273. The highest BCUT2D eigenvalue weighted by atomic mass is 32.1. The van der Waals surface area contributed by atoms with E-state index in [1.165, 1.54) is 23.9 Å². The van der Waals surface area contributed by atoms with Crippen LogP contribution in [0.2, 0.25) is 0 Å². The van der Waals surface area contributed by atoms with Gasteiger partial charge in [0.1, 0.15) is 11.0 Å². The summed E-state index contributed by atoms with van der Waals surface area (Å²) in [5.74, 6) is -0.898. The maximum Gasteiger partial charge on any atom is 0.325 e. The second-order valence-electron chi connectivity index (χ2n) is 3.64. The van der Waals surface area contributed by atoms with E-state index in [9.17, 15) is 9.90 Å². The van der Waals surface area contributed by atoms with Crippen molar-refractivity contribution in [2.75, 3.05) is 7.05 Å². The van der Waals surface area contributed by atoms with Crippen molar-refractivity contribution in [1.29, 1.82) is 0 Å². The van der Waals surface area contributed by atoms with Crippen LogP contribution in [-0.2, 0) is 11.3 Å². The van der Waals surface area contributed by atoms with Crippen molar-refractivity contribution in [2.24, 2.45) is 0 Å². The van der Waals surface area contributed by atoms with Crippen LogP contribution < -0.4 is 0 Å².